The highest BCUT2D eigenvalue weighted by molar-refractivity contribution is 5.77. The molecule has 0 saturated carbocycles. The molecule has 0 radical (unpaired) electrons. The number of benzene rings is 1. The quantitative estimate of drug-likeness (QED) is 0.752. The second-order valence-corrected chi connectivity index (χ2v) is 7.83. The van der Waals surface area contributed by atoms with Crippen molar-refractivity contribution >= 4 is 11.6 Å². The smallest absolute Gasteiger partial charge is 0.260 e. The standard InChI is InChI=1S/C23H29N3O3/c1-2-26(19-7-4-3-5-8-19)20-15-23(29-17-20)10-13-25(14-11-23)22(27)18-28-21-9-6-12-24-16-21/h3-9,12,16,20H,2,10-11,13-15,17-18H2,1H3/t20-/m1/s1. The molecule has 154 valence electrons. The summed E-state index contributed by atoms with van der Waals surface area (Å²) in [7, 11) is 0. The van der Waals surface area contributed by atoms with Gasteiger partial charge in [0, 0.05) is 31.5 Å². The minimum absolute atomic E-state index is 0.0257. The maximum atomic E-state index is 12.5. The van der Waals surface area contributed by atoms with Crippen LogP contribution in [0, 0.1) is 0 Å². The summed E-state index contributed by atoms with van der Waals surface area (Å²) in [5.74, 6) is 0.648. The number of para-hydroxylation sites is 1. The Balaban J connectivity index is 1.29. The van der Waals surface area contributed by atoms with E-state index >= 15 is 0 Å². The van der Waals surface area contributed by atoms with Crippen molar-refractivity contribution in [3.05, 3.63) is 54.9 Å². The van der Waals surface area contributed by atoms with Crippen molar-refractivity contribution in [1.29, 1.82) is 0 Å². The van der Waals surface area contributed by atoms with Gasteiger partial charge in [-0.05, 0) is 50.5 Å². The van der Waals surface area contributed by atoms with Gasteiger partial charge in [0.15, 0.2) is 6.61 Å². The molecule has 4 rings (SSSR count). The number of pyridine rings is 1. The predicted octanol–water partition coefficient (Wildman–Crippen LogP) is 3.14. The lowest BCUT2D eigenvalue weighted by molar-refractivity contribution is -0.138. The van der Waals surface area contributed by atoms with Crippen LogP contribution in [0.3, 0.4) is 0 Å². The van der Waals surface area contributed by atoms with Crippen molar-refractivity contribution in [3.63, 3.8) is 0 Å². The van der Waals surface area contributed by atoms with Gasteiger partial charge in [-0.25, -0.2) is 0 Å². The van der Waals surface area contributed by atoms with E-state index in [1.54, 1.807) is 18.5 Å². The van der Waals surface area contributed by atoms with E-state index in [1.807, 2.05) is 11.0 Å². The van der Waals surface area contributed by atoms with Crippen LogP contribution in [0.25, 0.3) is 0 Å². The first-order chi connectivity index (χ1) is 14.2. The number of nitrogens with zero attached hydrogens (tertiary/aromatic N) is 3. The van der Waals surface area contributed by atoms with E-state index in [2.05, 4.69) is 47.1 Å². The SMILES string of the molecule is CCN(c1ccccc1)[C@H]1COC2(CCN(C(=O)COc3cccnc3)CC2)C1. The van der Waals surface area contributed by atoms with Gasteiger partial charge in [-0.15, -0.1) is 0 Å². The Morgan fingerprint density at radius 1 is 1.24 bits per heavy atom. The van der Waals surface area contributed by atoms with Gasteiger partial charge < -0.3 is 19.3 Å². The van der Waals surface area contributed by atoms with Crippen LogP contribution < -0.4 is 9.64 Å². The van der Waals surface area contributed by atoms with Gasteiger partial charge in [0.2, 0.25) is 0 Å². The molecule has 1 atom stereocenters. The highest BCUT2D eigenvalue weighted by atomic mass is 16.5. The van der Waals surface area contributed by atoms with E-state index in [9.17, 15) is 4.79 Å². The summed E-state index contributed by atoms with van der Waals surface area (Å²) >= 11 is 0. The van der Waals surface area contributed by atoms with Crippen molar-refractivity contribution in [2.24, 2.45) is 0 Å². The van der Waals surface area contributed by atoms with E-state index in [0.29, 0.717) is 11.8 Å². The van der Waals surface area contributed by atoms with Crippen LogP contribution in [0.5, 0.6) is 5.75 Å². The summed E-state index contributed by atoms with van der Waals surface area (Å²) in [4.78, 5) is 20.8. The molecule has 2 saturated heterocycles. The summed E-state index contributed by atoms with van der Waals surface area (Å²) < 4.78 is 11.9. The molecule has 2 aromatic rings. The molecule has 2 aliphatic rings. The topological polar surface area (TPSA) is 54.9 Å². The first-order valence-electron chi connectivity index (χ1n) is 10.5. The summed E-state index contributed by atoms with van der Waals surface area (Å²) in [6.45, 7) is 5.41. The monoisotopic (exact) mass is 395 g/mol. The summed E-state index contributed by atoms with van der Waals surface area (Å²) in [5, 5.41) is 0. The number of rotatable bonds is 6. The number of hydrogen-bond donors (Lipinski definition) is 0. The van der Waals surface area contributed by atoms with Gasteiger partial charge in [0.05, 0.1) is 24.4 Å². The molecule has 1 aromatic carbocycles. The van der Waals surface area contributed by atoms with E-state index < -0.39 is 0 Å². The number of carbonyl (C=O) groups excluding carboxylic acids is 1. The van der Waals surface area contributed by atoms with Crippen LogP contribution >= 0.6 is 0 Å². The Hall–Kier alpha value is -2.60. The summed E-state index contributed by atoms with van der Waals surface area (Å²) in [5.41, 5.74) is 1.15. The number of piperidine rings is 1. The third kappa shape index (κ3) is 4.53. The average molecular weight is 396 g/mol. The Labute approximate surface area is 172 Å². The fraction of sp³-hybridized carbons (Fsp3) is 0.478. The van der Waals surface area contributed by atoms with Crippen molar-refractivity contribution < 1.29 is 14.3 Å². The second kappa shape index (κ2) is 8.82. The molecule has 2 aliphatic heterocycles. The van der Waals surface area contributed by atoms with Crippen LogP contribution in [-0.4, -0.2) is 60.3 Å². The molecule has 3 heterocycles. The molecule has 6 nitrogen and oxygen atoms in total. The lowest BCUT2D eigenvalue weighted by atomic mass is 9.87. The minimum Gasteiger partial charge on any atom is -0.482 e. The van der Waals surface area contributed by atoms with E-state index in [4.69, 9.17) is 9.47 Å². The van der Waals surface area contributed by atoms with Crippen molar-refractivity contribution in [2.45, 2.75) is 37.8 Å². The molecular weight excluding hydrogens is 366 g/mol. The molecule has 0 aliphatic carbocycles. The number of amides is 1. The molecule has 0 N–H and O–H groups in total. The number of likely N-dealkylation sites (tertiary alicyclic amines) is 1. The van der Waals surface area contributed by atoms with Gasteiger partial charge in [-0.2, -0.15) is 0 Å². The normalized spacial score (nSPS) is 20.6. The molecule has 6 heteroatoms. The lowest BCUT2D eigenvalue weighted by Crippen LogP contribution is -2.48. The number of aromatic nitrogens is 1. The largest absolute Gasteiger partial charge is 0.482 e. The van der Waals surface area contributed by atoms with Crippen molar-refractivity contribution in [1.82, 2.24) is 9.88 Å². The highest BCUT2D eigenvalue weighted by Crippen LogP contribution is 2.38. The number of carbonyl (C=O) groups is 1. The zero-order valence-corrected chi connectivity index (χ0v) is 17.0. The van der Waals surface area contributed by atoms with Gasteiger partial charge >= 0.3 is 0 Å². The van der Waals surface area contributed by atoms with Gasteiger partial charge in [-0.1, -0.05) is 18.2 Å². The Morgan fingerprint density at radius 2 is 2.03 bits per heavy atom. The molecule has 1 amide bonds. The zero-order valence-electron chi connectivity index (χ0n) is 17.0. The summed E-state index contributed by atoms with van der Waals surface area (Å²) in [6.07, 6.45) is 6.09. The van der Waals surface area contributed by atoms with Crippen LogP contribution in [0.4, 0.5) is 5.69 Å². The minimum atomic E-state index is -0.103. The number of anilines is 1. The molecule has 2 fully saturated rings. The van der Waals surface area contributed by atoms with Crippen LogP contribution in [0.2, 0.25) is 0 Å². The van der Waals surface area contributed by atoms with Crippen LogP contribution in [0.15, 0.2) is 54.9 Å². The molecule has 0 unspecified atom stereocenters. The van der Waals surface area contributed by atoms with Gasteiger partial charge in [0.1, 0.15) is 5.75 Å². The number of likely N-dealkylation sites (N-methyl/N-ethyl adjacent to an activating group) is 1. The van der Waals surface area contributed by atoms with E-state index in [1.165, 1.54) is 5.69 Å². The first kappa shape index (κ1) is 19.7. The summed E-state index contributed by atoms with van der Waals surface area (Å²) in [6, 6.07) is 14.5. The average Bonchev–Trinajstić information content (AvgIpc) is 3.17. The van der Waals surface area contributed by atoms with Crippen molar-refractivity contribution in [3.8, 4) is 5.75 Å². The van der Waals surface area contributed by atoms with E-state index in [-0.39, 0.29) is 18.1 Å². The van der Waals surface area contributed by atoms with Crippen LogP contribution in [0.1, 0.15) is 26.2 Å². The van der Waals surface area contributed by atoms with Crippen molar-refractivity contribution in [2.75, 3.05) is 37.7 Å². The van der Waals surface area contributed by atoms with E-state index in [0.717, 1.165) is 45.5 Å². The molecule has 29 heavy (non-hydrogen) atoms. The number of ether oxygens (including phenoxy) is 2. The first-order valence-corrected chi connectivity index (χ1v) is 10.5. The fourth-order valence-corrected chi connectivity index (χ4v) is 4.47. The molecule has 1 spiro atoms. The lowest BCUT2D eigenvalue weighted by Gasteiger charge is -2.39. The maximum absolute atomic E-state index is 12.5. The maximum Gasteiger partial charge on any atom is 0.260 e. The Bertz CT molecular complexity index is 792. The zero-order chi connectivity index (χ0) is 20.1. The Morgan fingerprint density at radius 3 is 2.72 bits per heavy atom. The number of hydrogen-bond acceptors (Lipinski definition) is 5. The van der Waals surface area contributed by atoms with Gasteiger partial charge in [-0.3, -0.25) is 9.78 Å². The third-order valence-corrected chi connectivity index (χ3v) is 6.08. The Kier molecular flexibility index (Phi) is 6.00. The fourth-order valence-electron chi connectivity index (χ4n) is 4.47. The van der Waals surface area contributed by atoms with Gasteiger partial charge in [0.25, 0.3) is 5.91 Å². The molecular formula is C23H29N3O3. The molecule has 0 bridgehead atoms. The predicted molar refractivity (Wildman–Crippen MR) is 112 cm³/mol. The highest BCUT2D eigenvalue weighted by Gasteiger charge is 2.44. The third-order valence-electron chi connectivity index (χ3n) is 6.08. The van der Waals surface area contributed by atoms with Crippen LogP contribution in [-0.2, 0) is 9.53 Å². The second-order valence-electron chi connectivity index (χ2n) is 7.83. The molecule has 1 aromatic heterocycles.